The maximum absolute atomic E-state index is 12.5. The van der Waals surface area contributed by atoms with Gasteiger partial charge in [-0.3, -0.25) is 0 Å². The van der Waals surface area contributed by atoms with Crippen LogP contribution in [0.2, 0.25) is 0 Å². The Morgan fingerprint density at radius 3 is 2.00 bits per heavy atom. The fraction of sp³-hybridized carbons (Fsp3) is 0.400. The number of halogens is 3. The van der Waals surface area contributed by atoms with Crippen molar-refractivity contribution in [2.75, 3.05) is 0 Å². The van der Waals surface area contributed by atoms with Crippen LogP contribution < -0.4 is 0 Å². The molecule has 78 valence electrons. The van der Waals surface area contributed by atoms with Gasteiger partial charge in [-0.2, -0.15) is 13.2 Å². The van der Waals surface area contributed by atoms with E-state index in [-0.39, 0.29) is 5.56 Å². The van der Waals surface area contributed by atoms with Gasteiger partial charge in [-0.15, -0.1) is 0 Å². The molecule has 0 radical (unpaired) electrons. The van der Waals surface area contributed by atoms with E-state index in [9.17, 15) is 13.2 Å². The van der Waals surface area contributed by atoms with E-state index in [4.69, 9.17) is 5.11 Å². The van der Waals surface area contributed by atoms with Gasteiger partial charge in [0.2, 0.25) is 0 Å². The van der Waals surface area contributed by atoms with Gasteiger partial charge in [0.25, 0.3) is 0 Å². The number of aliphatic hydroxyl groups is 1. The average Bonchev–Trinajstić information content (AvgIpc) is 2.02. The smallest absolute Gasteiger partial charge is 0.392 e. The summed E-state index contributed by atoms with van der Waals surface area (Å²) in [6.07, 6.45) is -5.84. The van der Waals surface area contributed by atoms with E-state index < -0.39 is 18.2 Å². The summed E-state index contributed by atoms with van der Waals surface area (Å²) < 4.78 is 37.5. The molecule has 0 heterocycles. The second kappa shape index (κ2) is 4.00. The minimum Gasteiger partial charge on any atom is -0.392 e. The standard InChI is InChI=1S/C10H11F3O/c1-7(14)9(10(11,12)13)8-5-3-2-4-6-8/h2-7,9,14H,1H3/t7-,9+/m0/s1. The molecule has 1 rings (SSSR count). The minimum absolute atomic E-state index is 0.0926. The quantitative estimate of drug-likeness (QED) is 0.785. The van der Waals surface area contributed by atoms with Crippen molar-refractivity contribution in [1.82, 2.24) is 0 Å². The van der Waals surface area contributed by atoms with Crippen LogP contribution in [0.1, 0.15) is 18.4 Å². The highest BCUT2D eigenvalue weighted by atomic mass is 19.4. The van der Waals surface area contributed by atoms with Crippen LogP contribution in [-0.4, -0.2) is 17.4 Å². The largest absolute Gasteiger partial charge is 0.398 e. The molecule has 0 fully saturated rings. The van der Waals surface area contributed by atoms with Gasteiger partial charge < -0.3 is 5.11 Å². The molecule has 0 unspecified atom stereocenters. The third-order valence-electron chi connectivity index (χ3n) is 1.99. The number of aliphatic hydroxyl groups excluding tert-OH is 1. The summed E-state index contributed by atoms with van der Waals surface area (Å²) in [7, 11) is 0. The van der Waals surface area contributed by atoms with Gasteiger partial charge in [0.05, 0.1) is 6.10 Å². The third-order valence-corrected chi connectivity index (χ3v) is 1.99. The van der Waals surface area contributed by atoms with Crippen molar-refractivity contribution in [2.24, 2.45) is 0 Å². The topological polar surface area (TPSA) is 20.2 Å². The molecular weight excluding hydrogens is 193 g/mol. The van der Waals surface area contributed by atoms with Crippen molar-refractivity contribution in [3.05, 3.63) is 35.9 Å². The molecule has 0 spiro atoms. The van der Waals surface area contributed by atoms with Crippen LogP contribution in [0.4, 0.5) is 13.2 Å². The maximum Gasteiger partial charge on any atom is 0.398 e. The zero-order chi connectivity index (χ0) is 10.8. The number of hydrogen-bond acceptors (Lipinski definition) is 1. The molecule has 0 amide bonds. The average molecular weight is 204 g/mol. The predicted molar refractivity (Wildman–Crippen MR) is 46.9 cm³/mol. The van der Waals surface area contributed by atoms with Crippen molar-refractivity contribution in [3.8, 4) is 0 Å². The first-order valence-corrected chi connectivity index (χ1v) is 4.22. The minimum atomic E-state index is -4.41. The summed E-state index contributed by atoms with van der Waals surface area (Å²) in [6.45, 7) is 1.14. The van der Waals surface area contributed by atoms with Crippen molar-refractivity contribution in [2.45, 2.75) is 25.1 Å². The van der Waals surface area contributed by atoms with Crippen molar-refractivity contribution < 1.29 is 18.3 Å². The van der Waals surface area contributed by atoms with E-state index in [2.05, 4.69) is 0 Å². The highest BCUT2D eigenvalue weighted by Gasteiger charge is 2.43. The fourth-order valence-electron chi connectivity index (χ4n) is 1.40. The van der Waals surface area contributed by atoms with Gasteiger partial charge in [-0.25, -0.2) is 0 Å². The molecule has 0 aromatic heterocycles. The Bertz CT molecular complexity index is 279. The molecule has 0 saturated heterocycles. The zero-order valence-corrected chi connectivity index (χ0v) is 7.62. The molecule has 0 aliphatic carbocycles. The van der Waals surface area contributed by atoms with E-state index >= 15 is 0 Å². The lowest BCUT2D eigenvalue weighted by Gasteiger charge is -2.23. The van der Waals surface area contributed by atoms with Gasteiger partial charge >= 0.3 is 6.18 Å². The van der Waals surface area contributed by atoms with E-state index in [0.29, 0.717) is 0 Å². The normalized spacial score (nSPS) is 16.4. The summed E-state index contributed by atoms with van der Waals surface area (Å²) in [5, 5.41) is 9.08. The van der Waals surface area contributed by atoms with Crippen LogP contribution in [0.5, 0.6) is 0 Å². The Balaban J connectivity index is 3.02. The molecule has 2 atom stereocenters. The molecule has 14 heavy (non-hydrogen) atoms. The molecule has 4 heteroatoms. The first-order valence-electron chi connectivity index (χ1n) is 4.22. The zero-order valence-electron chi connectivity index (χ0n) is 7.62. The fourth-order valence-corrected chi connectivity index (χ4v) is 1.40. The van der Waals surface area contributed by atoms with Crippen molar-refractivity contribution >= 4 is 0 Å². The number of alkyl halides is 3. The lowest BCUT2D eigenvalue weighted by Crippen LogP contribution is -2.29. The van der Waals surface area contributed by atoms with Gasteiger partial charge in [-0.05, 0) is 12.5 Å². The lowest BCUT2D eigenvalue weighted by molar-refractivity contribution is -0.169. The Morgan fingerprint density at radius 2 is 1.64 bits per heavy atom. The number of rotatable bonds is 2. The Kier molecular flexibility index (Phi) is 3.16. The first kappa shape index (κ1) is 11.0. The van der Waals surface area contributed by atoms with Crippen LogP contribution in [0, 0.1) is 0 Å². The maximum atomic E-state index is 12.5. The van der Waals surface area contributed by atoms with Gasteiger partial charge in [0.15, 0.2) is 0 Å². The van der Waals surface area contributed by atoms with Crippen LogP contribution in [0.25, 0.3) is 0 Å². The predicted octanol–water partition coefficient (Wildman–Crippen LogP) is 2.71. The summed E-state index contributed by atoms with van der Waals surface area (Å²) in [5.74, 6) is -1.80. The van der Waals surface area contributed by atoms with Crippen LogP contribution in [-0.2, 0) is 0 Å². The molecule has 1 aromatic rings. The monoisotopic (exact) mass is 204 g/mol. The number of hydrogen-bond donors (Lipinski definition) is 1. The molecular formula is C10H11F3O. The van der Waals surface area contributed by atoms with Crippen LogP contribution >= 0.6 is 0 Å². The van der Waals surface area contributed by atoms with Crippen LogP contribution in [0.15, 0.2) is 30.3 Å². The summed E-state index contributed by atoms with van der Waals surface area (Å²) in [6, 6.07) is 7.42. The van der Waals surface area contributed by atoms with Gasteiger partial charge in [-0.1, -0.05) is 30.3 Å². The molecule has 1 aromatic carbocycles. The summed E-state index contributed by atoms with van der Waals surface area (Å²) in [4.78, 5) is 0. The highest BCUT2D eigenvalue weighted by Crippen LogP contribution is 2.37. The van der Waals surface area contributed by atoms with Crippen LogP contribution in [0.3, 0.4) is 0 Å². The first-order chi connectivity index (χ1) is 6.43. The Hall–Kier alpha value is -1.03. The Morgan fingerprint density at radius 1 is 1.14 bits per heavy atom. The van der Waals surface area contributed by atoms with E-state index in [0.717, 1.165) is 6.92 Å². The molecule has 0 aliphatic rings. The SMILES string of the molecule is C[C@H](O)[C@H](c1ccccc1)C(F)(F)F. The third kappa shape index (κ3) is 2.48. The second-order valence-corrected chi connectivity index (χ2v) is 3.17. The van der Waals surface area contributed by atoms with Gasteiger partial charge in [0.1, 0.15) is 5.92 Å². The lowest BCUT2D eigenvalue weighted by atomic mass is 9.94. The molecule has 0 bridgehead atoms. The van der Waals surface area contributed by atoms with E-state index in [1.165, 1.54) is 24.3 Å². The van der Waals surface area contributed by atoms with E-state index in [1.54, 1.807) is 6.07 Å². The highest BCUT2D eigenvalue weighted by molar-refractivity contribution is 5.22. The Labute approximate surface area is 80.2 Å². The molecule has 1 N–H and O–H groups in total. The van der Waals surface area contributed by atoms with E-state index in [1.807, 2.05) is 0 Å². The number of benzene rings is 1. The summed E-state index contributed by atoms with van der Waals surface area (Å²) in [5.41, 5.74) is 0.0926. The summed E-state index contributed by atoms with van der Waals surface area (Å²) >= 11 is 0. The van der Waals surface area contributed by atoms with Gasteiger partial charge in [0, 0.05) is 0 Å². The molecule has 0 aliphatic heterocycles. The molecule has 0 saturated carbocycles. The van der Waals surface area contributed by atoms with Crippen molar-refractivity contribution in [3.63, 3.8) is 0 Å². The molecule has 1 nitrogen and oxygen atoms in total. The van der Waals surface area contributed by atoms with Crippen molar-refractivity contribution in [1.29, 1.82) is 0 Å². The second-order valence-electron chi connectivity index (χ2n) is 3.17.